The summed E-state index contributed by atoms with van der Waals surface area (Å²) in [6.07, 6.45) is 2.58. The fourth-order valence-corrected chi connectivity index (χ4v) is 2.16. The Morgan fingerprint density at radius 3 is 2.43 bits per heavy atom. The predicted octanol–water partition coefficient (Wildman–Crippen LogP) is 2.82. The van der Waals surface area contributed by atoms with Gasteiger partial charge in [0.1, 0.15) is 5.82 Å². The Labute approximate surface area is 136 Å². The summed E-state index contributed by atoms with van der Waals surface area (Å²) >= 11 is 0. The third kappa shape index (κ3) is 4.92. The minimum Gasteiger partial charge on any atom is -0.370 e. The Kier molecular flexibility index (Phi) is 5.86. The van der Waals surface area contributed by atoms with Crippen molar-refractivity contribution < 1.29 is 9.59 Å². The number of hydrogen-bond acceptors (Lipinski definition) is 4. The van der Waals surface area contributed by atoms with Crippen molar-refractivity contribution in [2.24, 2.45) is 0 Å². The molecule has 1 aromatic carbocycles. The molecule has 0 saturated carbocycles. The average Bonchev–Trinajstić information content (AvgIpc) is 2.56. The molecule has 2 N–H and O–H groups in total. The number of anilines is 1. The standard InChI is InChI=1S/C18H21N3O2/c1-13-8-9-17(21-12-13)19-10-5-11-20-18(23)16-7-4-3-6-15(16)14(2)22/h3-4,6-9,12H,5,10-11H2,1-2H3,(H,19,21)(H,20,23). The number of rotatable bonds is 7. The molecule has 1 aromatic heterocycles. The first-order valence-electron chi connectivity index (χ1n) is 7.62. The fourth-order valence-electron chi connectivity index (χ4n) is 2.16. The van der Waals surface area contributed by atoms with Crippen molar-refractivity contribution in [3.63, 3.8) is 0 Å². The lowest BCUT2D eigenvalue weighted by molar-refractivity contribution is 0.0938. The van der Waals surface area contributed by atoms with Gasteiger partial charge in [0.2, 0.25) is 0 Å². The van der Waals surface area contributed by atoms with Gasteiger partial charge in [-0.2, -0.15) is 0 Å². The summed E-state index contributed by atoms with van der Waals surface area (Å²) in [5.74, 6) is 0.496. The Morgan fingerprint density at radius 1 is 1.04 bits per heavy atom. The molecule has 0 saturated heterocycles. The maximum absolute atomic E-state index is 12.1. The van der Waals surface area contributed by atoms with Crippen LogP contribution in [0.5, 0.6) is 0 Å². The molecule has 0 atom stereocenters. The first-order valence-corrected chi connectivity index (χ1v) is 7.62. The SMILES string of the molecule is CC(=O)c1ccccc1C(=O)NCCCNc1ccc(C)cn1. The van der Waals surface area contributed by atoms with E-state index in [4.69, 9.17) is 0 Å². The van der Waals surface area contributed by atoms with Crippen LogP contribution in [-0.2, 0) is 0 Å². The van der Waals surface area contributed by atoms with Gasteiger partial charge in [-0.15, -0.1) is 0 Å². The Bertz CT molecular complexity index is 681. The fraction of sp³-hybridized carbons (Fsp3) is 0.278. The maximum Gasteiger partial charge on any atom is 0.252 e. The van der Waals surface area contributed by atoms with E-state index in [1.807, 2.05) is 25.3 Å². The smallest absolute Gasteiger partial charge is 0.252 e. The van der Waals surface area contributed by atoms with Crippen molar-refractivity contribution in [3.05, 3.63) is 59.3 Å². The highest BCUT2D eigenvalue weighted by Crippen LogP contribution is 2.09. The molecule has 0 bridgehead atoms. The Hall–Kier alpha value is -2.69. The highest BCUT2D eigenvalue weighted by atomic mass is 16.2. The predicted molar refractivity (Wildman–Crippen MR) is 90.9 cm³/mol. The highest BCUT2D eigenvalue weighted by molar-refractivity contribution is 6.07. The summed E-state index contributed by atoms with van der Waals surface area (Å²) < 4.78 is 0. The second-order valence-electron chi connectivity index (χ2n) is 5.36. The van der Waals surface area contributed by atoms with E-state index < -0.39 is 0 Å². The summed E-state index contributed by atoms with van der Waals surface area (Å²) in [4.78, 5) is 27.9. The summed E-state index contributed by atoms with van der Waals surface area (Å²) in [6, 6.07) is 10.8. The summed E-state index contributed by atoms with van der Waals surface area (Å²) in [7, 11) is 0. The van der Waals surface area contributed by atoms with Crippen molar-refractivity contribution >= 4 is 17.5 Å². The van der Waals surface area contributed by atoms with Gasteiger partial charge in [0.15, 0.2) is 5.78 Å². The van der Waals surface area contributed by atoms with Gasteiger partial charge in [0, 0.05) is 24.8 Å². The van der Waals surface area contributed by atoms with E-state index in [1.54, 1.807) is 24.3 Å². The number of carbonyl (C=O) groups excluding carboxylic acids is 2. The first-order chi connectivity index (χ1) is 11.1. The van der Waals surface area contributed by atoms with Gasteiger partial charge in [0.05, 0.1) is 5.56 Å². The molecule has 0 spiro atoms. The molecular weight excluding hydrogens is 290 g/mol. The number of ketones is 1. The zero-order valence-electron chi connectivity index (χ0n) is 13.4. The van der Waals surface area contributed by atoms with Crippen molar-refractivity contribution in [2.75, 3.05) is 18.4 Å². The van der Waals surface area contributed by atoms with E-state index >= 15 is 0 Å². The van der Waals surface area contributed by atoms with Gasteiger partial charge in [-0.3, -0.25) is 9.59 Å². The molecular formula is C18H21N3O2. The van der Waals surface area contributed by atoms with Crippen LogP contribution < -0.4 is 10.6 Å². The zero-order chi connectivity index (χ0) is 16.7. The summed E-state index contributed by atoms with van der Waals surface area (Å²) in [5, 5.41) is 6.04. The van der Waals surface area contributed by atoms with E-state index in [-0.39, 0.29) is 11.7 Å². The van der Waals surface area contributed by atoms with Crippen molar-refractivity contribution in [3.8, 4) is 0 Å². The molecule has 2 aromatic rings. The van der Waals surface area contributed by atoms with Crippen LogP contribution in [0, 0.1) is 6.92 Å². The first kappa shape index (κ1) is 16.7. The largest absolute Gasteiger partial charge is 0.370 e. The molecule has 23 heavy (non-hydrogen) atoms. The molecule has 0 aliphatic rings. The Morgan fingerprint density at radius 2 is 1.78 bits per heavy atom. The summed E-state index contributed by atoms with van der Waals surface area (Å²) in [6.45, 7) is 4.70. The molecule has 0 aliphatic heterocycles. The molecule has 5 nitrogen and oxygen atoms in total. The van der Waals surface area contributed by atoms with E-state index in [0.29, 0.717) is 24.2 Å². The van der Waals surface area contributed by atoms with Crippen LogP contribution in [0.25, 0.3) is 0 Å². The van der Waals surface area contributed by atoms with E-state index in [1.165, 1.54) is 6.92 Å². The number of carbonyl (C=O) groups is 2. The van der Waals surface area contributed by atoms with Gasteiger partial charge in [-0.25, -0.2) is 4.98 Å². The van der Waals surface area contributed by atoms with E-state index in [0.717, 1.165) is 17.8 Å². The van der Waals surface area contributed by atoms with Crippen molar-refractivity contribution in [2.45, 2.75) is 20.3 Å². The lowest BCUT2D eigenvalue weighted by Crippen LogP contribution is -2.27. The molecule has 1 amide bonds. The number of aryl methyl sites for hydroxylation is 1. The lowest BCUT2D eigenvalue weighted by atomic mass is 10.0. The van der Waals surface area contributed by atoms with Crippen LogP contribution >= 0.6 is 0 Å². The third-order valence-electron chi connectivity index (χ3n) is 3.41. The van der Waals surface area contributed by atoms with Crippen LogP contribution in [0.3, 0.4) is 0 Å². The van der Waals surface area contributed by atoms with Gasteiger partial charge in [0.25, 0.3) is 5.91 Å². The topological polar surface area (TPSA) is 71.1 Å². The second kappa shape index (κ2) is 8.08. The molecule has 0 radical (unpaired) electrons. The third-order valence-corrected chi connectivity index (χ3v) is 3.41. The van der Waals surface area contributed by atoms with Crippen LogP contribution in [0.1, 0.15) is 39.6 Å². The van der Waals surface area contributed by atoms with Crippen molar-refractivity contribution in [1.29, 1.82) is 0 Å². The number of nitrogens with zero attached hydrogens (tertiary/aromatic N) is 1. The van der Waals surface area contributed by atoms with Gasteiger partial charge in [-0.05, 0) is 38.0 Å². The van der Waals surface area contributed by atoms with Crippen molar-refractivity contribution in [1.82, 2.24) is 10.3 Å². The zero-order valence-corrected chi connectivity index (χ0v) is 13.4. The highest BCUT2D eigenvalue weighted by Gasteiger charge is 2.12. The van der Waals surface area contributed by atoms with Gasteiger partial charge < -0.3 is 10.6 Å². The van der Waals surface area contributed by atoms with Crippen LogP contribution in [0.4, 0.5) is 5.82 Å². The Balaban J connectivity index is 1.77. The molecule has 2 rings (SSSR count). The van der Waals surface area contributed by atoms with Crippen LogP contribution in [-0.4, -0.2) is 29.8 Å². The van der Waals surface area contributed by atoms with Crippen LogP contribution in [0.15, 0.2) is 42.6 Å². The average molecular weight is 311 g/mol. The normalized spacial score (nSPS) is 10.2. The number of aromatic nitrogens is 1. The summed E-state index contributed by atoms with van der Waals surface area (Å²) in [5.41, 5.74) is 1.99. The number of amides is 1. The number of benzene rings is 1. The molecule has 0 aliphatic carbocycles. The van der Waals surface area contributed by atoms with E-state index in [2.05, 4.69) is 15.6 Å². The molecule has 120 valence electrons. The maximum atomic E-state index is 12.1. The second-order valence-corrected chi connectivity index (χ2v) is 5.36. The van der Waals surface area contributed by atoms with E-state index in [9.17, 15) is 9.59 Å². The quantitative estimate of drug-likeness (QED) is 0.609. The molecule has 5 heteroatoms. The van der Waals surface area contributed by atoms with Gasteiger partial charge >= 0.3 is 0 Å². The number of hydrogen-bond donors (Lipinski definition) is 2. The molecule has 1 heterocycles. The number of pyridine rings is 1. The molecule has 0 fully saturated rings. The number of nitrogens with one attached hydrogen (secondary N) is 2. The monoisotopic (exact) mass is 311 g/mol. The van der Waals surface area contributed by atoms with Crippen LogP contribution in [0.2, 0.25) is 0 Å². The minimum atomic E-state index is -0.218. The van der Waals surface area contributed by atoms with Gasteiger partial charge in [-0.1, -0.05) is 24.3 Å². The molecule has 0 unspecified atom stereocenters. The minimum absolute atomic E-state index is 0.108. The number of Topliss-reactive ketones (excluding diaryl/α,β-unsaturated/α-hetero) is 1. The lowest BCUT2D eigenvalue weighted by Gasteiger charge is -2.09.